The summed E-state index contributed by atoms with van der Waals surface area (Å²) in [6.07, 6.45) is 3.58. The van der Waals surface area contributed by atoms with Gasteiger partial charge in [-0.3, -0.25) is 4.90 Å². The lowest BCUT2D eigenvalue weighted by Gasteiger charge is -2.46. The van der Waals surface area contributed by atoms with Crippen molar-refractivity contribution in [2.24, 2.45) is 0 Å². The van der Waals surface area contributed by atoms with E-state index in [9.17, 15) is 5.11 Å². The summed E-state index contributed by atoms with van der Waals surface area (Å²) in [5.41, 5.74) is 1.41. The number of phenols is 1. The maximum Gasteiger partial charge on any atom is 0.115 e. The molecule has 2 unspecified atom stereocenters. The zero-order valence-electron chi connectivity index (χ0n) is 13.0. The predicted molar refractivity (Wildman–Crippen MR) is 83.9 cm³/mol. The highest BCUT2D eigenvalue weighted by molar-refractivity contribution is 5.27. The van der Waals surface area contributed by atoms with Gasteiger partial charge >= 0.3 is 0 Å². The van der Waals surface area contributed by atoms with Crippen molar-refractivity contribution < 1.29 is 5.11 Å². The maximum absolute atomic E-state index is 9.63. The first kappa shape index (κ1) is 15.3. The van der Waals surface area contributed by atoms with Gasteiger partial charge in [0, 0.05) is 31.2 Å². The monoisotopic (exact) mass is 276 g/mol. The van der Waals surface area contributed by atoms with Crippen LogP contribution < -0.4 is 5.32 Å². The van der Waals surface area contributed by atoms with Crippen molar-refractivity contribution >= 4 is 0 Å². The Morgan fingerprint density at radius 2 is 2.20 bits per heavy atom. The third-order valence-electron chi connectivity index (χ3n) is 4.53. The SMILES string of the molecule is CCCC1CNC(C)(CC)CN1Cc1cccc(O)c1. The Morgan fingerprint density at radius 1 is 1.40 bits per heavy atom. The Hall–Kier alpha value is -1.06. The second kappa shape index (κ2) is 6.59. The zero-order chi connectivity index (χ0) is 14.6. The molecule has 20 heavy (non-hydrogen) atoms. The molecule has 1 fully saturated rings. The smallest absolute Gasteiger partial charge is 0.115 e. The van der Waals surface area contributed by atoms with E-state index in [0.29, 0.717) is 11.8 Å². The fourth-order valence-corrected chi connectivity index (χ4v) is 3.06. The molecule has 3 heteroatoms. The first-order chi connectivity index (χ1) is 9.56. The predicted octanol–water partition coefficient (Wildman–Crippen LogP) is 3.13. The Bertz CT molecular complexity index is 435. The van der Waals surface area contributed by atoms with Gasteiger partial charge in [0.1, 0.15) is 5.75 Å². The number of hydrogen-bond donors (Lipinski definition) is 2. The van der Waals surface area contributed by atoms with Crippen molar-refractivity contribution in [1.82, 2.24) is 10.2 Å². The van der Waals surface area contributed by atoms with Gasteiger partial charge in [-0.15, -0.1) is 0 Å². The van der Waals surface area contributed by atoms with E-state index >= 15 is 0 Å². The lowest BCUT2D eigenvalue weighted by atomic mass is 9.92. The minimum atomic E-state index is 0.209. The van der Waals surface area contributed by atoms with Crippen molar-refractivity contribution in [3.63, 3.8) is 0 Å². The number of piperazine rings is 1. The first-order valence-electron chi connectivity index (χ1n) is 7.83. The molecule has 112 valence electrons. The van der Waals surface area contributed by atoms with Crippen molar-refractivity contribution in [2.75, 3.05) is 13.1 Å². The molecular weight excluding hydrogens is 248 g/mol. The fraction of sp³-hybridized carbons (Fsp3) is 0.647. The summed E-state index contributed by atoms with van der Waals surface area (Å²) in [7, 11) is 0. The molecule has 1 aliphatic rings. The summed E-state index contributed by atoms with van der Waals surface area (Å²) in [4.78, 5) is 2.58. The lowest BCUT2D eigenvalue weighted by Crippen LogP contribution is -2.62. The van der Waals surface area contributed by atoms with Crippen LogP contribution in [0.2, 0.25) is 0 Å². The second-order valence-electron chi connectivity index (χ2n) is 6.31. The number of nitrogens with one attached hydrogen (secondary N) is 1. The standard InChI is InChI=1S/C17H28N2O/c1-4-7-15-11-18-17(3,5-2)13-19(15)12-14-8-6-9-16(20)10-14/h6,8-10,15,18,20H,4-5,7,11-13H2,1-3H3. The molecule has 1 aromatic carbocycles. The number of rotatable bonds is 5. The highest BCUT2D eigenvalue weighted by Crippen LogP contribution is 2.24. The Morgan fingerprint density at radius 3 is 2.85 bits per heavy atom. The molecule has 0 aliphatic carbocycles. The van der Waals surface area contributed by atoms with Gasteiger partial charge in [0.25, 0.3) is 0 Å². The number of nitrogens with zero attached hydrogens (tertiary/aromatic N) is 1. The molecule has 2 rings (SSSR count). The normalized spacial score (nSPS) is 27.6. The Labute approximate surface area is 123 Å². The van der Waals surface area contributed by atoms with E-state index in [2.05, 4.69) is 37.1 Å². The van der Waals surface area contributed by atoms with Gasteiger partial charge in [0.2, 0.25) is 0 Å². The highest BCUT2D eigenvalue weighted by Gasteiger charge is 2.33. The molecule has 1 aliphatic heterocycles. The van der Waals surface area contributed by atoms with E-state index in [1.807, 2.05) is 12.1 Å². The zero-order valence-corrected chi connectivity index (χ0v) is 13.0. The molecule has 0 spiro atoms. The molecule has 0 aromatic heterocycles. The van der Waals surface area contributed by atoms with Crippen LogP contribution in [0.5, 0.6) is 5.75 Å². The van der Waals surface area contributed by atoms with E-state index in [1.54, 1.807) is 6.07 Å². The van der Waals surface area contributed by atoms with Gasteiger partial charge in [-0.1, -0.05) is 32.4 Å². The molecule has 2 N–H and O–H groups in total. The topological polar surface area (TPSA) is 35.5 Å². The molecule has 0 bridgehead atoms. The number of hydrogen-bond acceptors (Lipinski definition) is 3. The molecule has 0 radical (unpaired) electrons. The summed E-state index contributed by atoms with van der Waals surface area (Å²) >= 11 is 0. The number of aromatic hydroxyl groups is 1. The molecule has 0 amide bonds. The largest absolute Gasteiger partial charge is 0.508 e. The first-order valence-corrected chi connectivity index (χ1v) is 7.83. The average molecular weight is 276 g/mol. The van der Waals surface area contributed by atoms with Gasteiger partial charge in [-0.05, 0) is 37.5 Å². The van der Waals surface area contributed by atoms with Crippen molar-refractivity contribution in [3.8, 4) is 5.75 Å². The highest BCUT2D eigenvalue weighted by atomic mass is 16.3. The summed E-state index contributed by atoms with van der Waals surface area (Å²) in [6.45, 7) is 9.88. The van der Waals surface area contributed by atoms with Gasteiger partial charge in [-0.25, -0.2) is 0 Å². The average Bonchev–Trinajstić information content (AvgIpc) is 2.42. The van der Waals surface area contributed by atoms with Crippen molar-refractivity contribution in [1.29, 1.82) is 0 Å². The van der Waals surface area contributed by atoms with Crippen LogP contribution in [0.3, 0.4) is 0 Å². The third-order valence-corrected chi connectivity index (χ3v) is 4.53. The van der Waals surface area contributed by atoms with Gasteiger partial charge in [0.15, 0.2) is 0 Å². The van der Waals surface area contributed by atoms with Crippen LogP contribution in [-0.4, -0.2) is 34.7 Å². The van der Waals surface area contributed by atoms with Crippen LogP contribution in [0, 0.1) is 0 Å². The van der Waals surface area contributed by atoms with Crippen molar-refractivity contribution in [2.45, 2.75) is 58.2 Å². The van der Waals surface area contributed by atoms with Gasteiger partial charge < -0.3 is 10.4 Å². The second-order valence-corrected chi connectivity index (χ2v) is 6.31. The fourth-order valence-electron chi connectivity index (χ4n) is 3.06. The van der Waals surface area contributed by atoms with Crippen LogP contribution >= 0.6 is 0 Å². The molecular formula is C17H28N2O. The van der Waals surface area contributed by atoms with E-state index in [1.165, 1.54) is 18.4 Å². The summed E-state index contributed by atoms with van der Waals surface area (Å²) in [5, 5.41) is 13.3. The van der Waals surface area contributed by atoms with Crippen LogP contribution in [-0.2, 0) is 6.54 Å². The maximum atomic E-state index is 9.63. The third kappa shape index (κ3) is 3.74. The minimum absolute atomic E-state index is 0.209. The summed E-state index contributed by atoms with van der Waals surface area (Å²) in [5.74, 6) is 0.364. The molecule has 1 aromatic rings. The Balaban J connectivity index is 2.10. The summed E-state index contributed by atoms with van der Waals surface area (Å²) in [6, 6.07) is 8.26. The quantitative estimate of drug-likeness (QED) is 0.867. The van der Waals surface area contributed by atoms with Crippen LogP contribution in [0.4, 0.5) is 0 Å². The molecule has 3 nitrogen and oxygen atoms in total. The van der Waals surface area contributed by atoms with E-state index in [4.69, 9.17) is 0 Å². The van der Waals surface area contributed by atoms with Gasteiger partial charge in [-0.2, -0.15) is 0 Å². The van der Waals surface area contributed by atoms with Gasteiger partial charge in [0.05, 0.1) is 0 Å². The van der Waals surface area contributed by atoms with E-state index in [-0.39, 0.29) is 5.54 Å². The molecule has 0 saturated carbocycles. The van der Waals surface area contributed by atoms with Crippen LogP contribution in [0.25, 0.3) is 0 Å². The molecule has 1 saturated heterocycles. The summed E-state index contributed by atoms with van der Waals surface area (Å²) < 4.78 is 0. The van der Waals surface area contributed by atoms with Crippen LogP contribution in [0.15, 0.2) is 24.3 Å². The lowest BCUT2D eigenvalue weighted by molar-refractivity contribution is 0.0725. The molecule has 2 atom stereocenters. The minimum Gasteiger partial charge on any atom is -0.508 e. The number of phenolic OH excluding ortho intramolecular Hbond substituents is 1. The van der Waals surface area contributed by atoms with Crippen LogP contribution in [0.1, 0.15) is 45.6 Å². The van der Waals surface area contributed by atoms with E-state index in [0.717, 1.165) is 26.1 Å². The Kier molecular flexibility index (Phi) is 5.06. The van der Waals surface area contributed by atoms with Crippen molar-refractivity contribution in [3.05, 3.63) is 29.8 Å². The van der Waals surface area contributed by atoms with E-state index < -0.39 is 0 Å². The number of benzene rings is 1. The molecule has 1 heterocycles.